The Morgan fingerprint density at radius 3 is 1.81 bits per heavy atom. The molecule has 0 radical (unpaired) electrons. The summed E-state index contributed by atoms with van der Waals surface area (Å²) >= 11 is 4.99. The molecule has 2 amide bonds. The highest BCUT2D eigenvalue weighted by Crippen LogP contribution is 2.12. The van der Waals surface area contributed by atoms with Crippen LogP contribution in [0, 0.1) is 0 Å². The summed E-state index contributed by atoms with van der Waals surface area (Å²) in [4.78, 5) is 25.3. The number of hydrogen-bond acceptors (Lipinski definition) is 5. The molecule has 0 aromatic rings. The van der Waals surface area contributed by atoms with Crippen LogP contribution in [-0.4, -0.2) is 53.4 Å². The first-order valence-electron chi connectivity index (χ1n) is 5.04. The van der Waals surface area contributed by atoms with Crippen LogP contribution >= 0.6 is 12.2 Å². The largest absolute Gasteiger partial charge is 0.449 e. The average molecular weight is 246 g/mol. The summed E-state index contributed by atoms with van der Waals surface area (Å²) in [6.07, 6.45) is -1.06. The quantitative estimate of drug-likeness (QED) is 0.685. The maximum atomic E-state index is 11.4. The van der Waals surface area contributed by atoms with E-state index >= 15 is 0 Å². The van der Waals surface area contributed by atoms with Crippen molar-refractivity contribution in [3.63, 3.8) is 0 Å². The molecule has 0 saturated carbocycles. The molecule has 0 bridgehead atoms. The normalized spacial score (nSPS) is 15.2. The van der Waals surface area contributed by atoms with E-state index in [0.717, 1.165) is 0 Å². The molecule has 0 unspecified atom stereocenters. The van der Waals surface area contributed by atoms with Crippen molar-refractivity contribution in [2.75, 3.05) is 26.3 Å². The van der Waals surface area contributed by atoms with Crippen LogP contribution in [0.25, 0.3) is 0 Å². The molecule has 0 spiro atoms. The molecule has 1 aliphatic rings. The van der Waals surface area contributed by atoms with Gasteiger partial charge in [-0.1, -0.05) is 0 Å². The first-order chi connectivity index (χ1) is 7.61. The highest BCUT2D eigenvalue weighted by molar-refractivity contribution is 7.80. The summed E-state index contributed by atoms with van der Waals surface area (Å²) in [7, 11) is 0. The van der Waals surface area contributed by atoms with Crippen LogP contribution < -0.4 is 0 Å². The van der Waals surface area contributed by atoms with E-state index in [-0.39, 0.29) is 18.3 Å². The zero-order valence-electron chi connectivity index (χ0n) is 9.26. The minimum absolute atomic E-state index is 0.136. The van der Waals surface area contributed by atoms with Gasteiger partial charge in [0.1, 0.15) is 0 Å². The lowest BCUT2D eigenvalue weighted by molar-refractivity contribution is 0.130. The highest BCUT2D eigenvalue weighted by atomic mass is 32.1. The molecule has 0 aromatic carbocycles. The SMILES string of the molecule is CCOC(=O)N1CCN(C(=O)OCC)C1=S. The Hall–Kier alpha value is -1.37. The lowest BCUT2D eigenvalue weighted by Crippen LogP contribution is -2.39. The van der Waals surface area contributed by atoms with Crippen LogP contribution in [0.15, 0.2) is 0 Å². The summed E-state index contributed by atoms with van der Waals surface area (Å²) in [5.74, 6) is 0. The van der Waals surface area contributed by atoms with E-state index in [4.69, 9.17) is 21.7 Å². The molecule has 90 valence electrons. The topological polar surface area (TPSA) is 59.1 Å². The predicted octanol–water partition coefficient (Wildman–Crippen LogP) is 1.20. The third-order valence-corrected chi connectivity index (χ3v) is 2.43. The van der Waals surface area contributed by atoms with Gasteiger partial charge in [0, 0.05) is 13.1 Å². The van der Waals surface area contributed by atoms with Gasteiger partial charge in [-0.2, -0.15) is 0 Å². The van der Waals surface area contributed by atoms with Gasteiger partial charge in [-0.05, 0) is 26.1 Å². The van der Waals surface area contributed by atoms with Crippen LogP contribution in [-0.2, 0) is 9.47 Å². The highest BCUT2D eigenvalue weighted by Gasteiger charge is 2.35. The van der Waals surface area contributed by atoms with Crippen molar-refractivity contribution in [2.45, 2.75) is 13.8 Å². The van der Waals surface area contributed by atoms with Gasteiger partial charge in [-0.25, -0.2) is 9.59 Å². The summed E-state index contributed by atoms with van der Waals surface area (Å²) in [6, 6.07) is 0. The summed E-state index contributed by atoms with van der Waals surface area (Å²) in [5.41, 5.74) is 0. The van der Waals surface area contributed by atoms with E-state index in [2.05, 4.69) is 0 Å². The fourth-order valence-corrected chi connectivity index (χ4v) is 1.61. The Labute approximate surface area is 99.1 Å². The molecule has 1 saturated heterocycles. The molecule has 1 heterocycles. The smallest absolute Gasteiger partial charge is 0.416 e. The first-order valence-corrected chi connectivity index (χ1v) is 5.45. The molecule has 0 aliphatic carbocycles. The third kappa shape index (κ3) is 2.60. The lowest BCUT2D eigenvalue weighted by atomic mass is 10.6. The fourth-order valence-electron chi connectivity index (χ4n) is 1.28. The fraction of sp³-hybridized carbons (Fsp3) is 0.667. The van der Waals surface area contributed by atoms with E-state index in [9.17, 15) is 9.59 Å². The van der Waals surface area contributed by atoms with Gasteiger partial charge in [0.05, 0.1) is 13.2 Å². The van der Waals surface area contributed by atoms with Crippen molar-refractivity contribution < 1.29 is 19.1 Å². The van der Waals surface area contributed by atoms with Gasteiger partial charge in [0.15, 0.2) is 5.11 Å². The standard InChI is InChI=1S/C9H14N2O4S/c1-3-14-8(12)10-5-6-11(7(10)16)9(13)15-4-2/h3-6H2,1-2H3. The lowest BCUT2D eigenvalue weighted by Gasteiger charge is -2.17. The van der Waals surface area contributed by atoms with Crippen molar-refractivity contribution in [1.82, 2.24) is 9.80 Å². The summed E-state index contributed by atoms with van der Waals surface area (Å²) < 4.78 is 9.61. The zero-order valence-corrected chi connectivity index (χ0v) is 10.1. The molecule has 6 nitrogen and oxygen atoms in total. The number of nitrogens with zero attached hydrogens (tertiary/aromatic N) is 2. The average Bonchev–Trinajstić information content (AvgIpc) is 2.61. The number of ether oxygens (including phenoxy) is 2. The Morgan fingerprint density at radius 1 is 1.12 bits per heavy atom. The van der Waals surface area contributed by atoms with E-state index in [1.54, 1.807) is 13.8 Å². The van der Waals surface area contributed by atoms with Gasteiger partial charge < -0.3 is 9.47 Å². The van der Waals surface area contributed by atoms with Crippen molar-refractivity contribution in [1.29, 1.82) is 0 Å². The molecule has 0 atom stereocenters. The third-order valence-electron chi connectivity index (χ3n) is 1.99. The predicted molar refractivity (Wildman–Crippen MR) is 60.1 cm³/mol. The second kappa shape index (κ2) is 5.64. The van der Waals surface area contributed by atoms with Gasteiger partial charge in [-0.3, -0.25) is 9.80 Å². The number of rotatable bonds is 2. The van der Waals surface area contributed by atoms with E-state index in [1.807, 2.05) is 0 Å². The van der Waals surface area contributed by atoms with Gasteiger partial charge in [0.25, 0.3) is 0 Å². The minimum atomic E-state index is -0.528. The van der Waals surface area contributed by atoms with Crippen molar-refractivity contribution >= 4 is 29.5 Å². The number of carbonyl (C=O) groups excluding carboxylic acids is 2. The molecule has 1 fully saturated rings. The molecule has 0 N–H and O–H groups in total. The zero-order chi connectivity index (χ0) is 12.1. The van der Waals surface area contributed by atoms with E-state index < -0.39 is 12.2 Å². The molecule has 1 rings (SSSR count). The number of carbonyl (C=O) groups is 2. The summed E-state index contributed by atoms with van der Waals surface area (Å²) in [6.45, 7) is 4.65. The monoisotopic (exact) mass is 246 g/mol. The second-order valence-electron chi connectivity index (χ2n) is 2.98. The van der Waals surface area contributed by atoms with Crippen LogP contribution in [0.2, 0.25) is 0 Å². The maximum Gasteiger partial charge on any atom is 0.416 e. The molecular formula is C9H14N2O4S. The molecule has 1 aliphatic heterocycles. The Morgan fingerprint density at radius 2 is 1.50 bits per heavy atom. The van der Waals surface area contributed by atoms with Crippen molar-refractivity contribution in [3.8, 4) is 0 Å². The van der Waals surface area contributed by atoms with E-state index in [0.29, 0.717) is 13.1 Å². The minimum Gasteiger partial charge on any atom is -0.449 e. The Bertz CT molecular complexity index is 280. The number of amides is 2. The van der Waals surface area contributed by atoms with Gasteiger partial charge >= 0.3 is 12.2 Å². The number of hydrogen-bond donors (Lipinski definition) is 0. The first kappa shape index (κ1) is 12.7. The van der Waals surface area contributed by atoms with E-state index in [1.165, 1.54) is 9.80 Å². The molecule has 7 heteroatoms. The number of thiocarbonyl (C=S) groups is 1. The van der Waals surface area contributed by atoms with Crippen LogP contribution in [0.3, 0.4) is 0 Å². The second-order valence-corrected chi connectivity index (χ2v) is 3.35. The molecule has 0 aromatic heterocycles. The summed E-state index contributed by atoms with van der Waals surface area (Å²) in [5, 5.41) is 0.136. The van der Waals surface area contributed by atoms with Gasteiger partial charge in [-0.15, -0.1) is 0 Å². The Balaban J connectivity index is 2.60. The van der Waals surface area contributed by atoms with Crippen LogP contribution in [0.5, 0.6) is 0 Å². The van der Waals surface area contributed by atoms with Crippen LogP contribution in [0.1, 0.15) is 13.8 Å². The Kier molecular flexibility index (Phi) is 4.48. The maximum absolute atomic E-state index is 11.4. The van der Waals surface area contributed by atoms with Crippen molar-refractivity contribution in [3.05, 3.63) is 0 Å². The molecular weight excluding hydrogens is 232 g/mol. The van der Waals surface area contributed by atoms with Gasteiger partial charge in [0.2, 0.25) is 0 Å². The van der Waals surface area contributed by atoms with Crippen molar-refractivity contribution in [2.24, 2.45) is 0 Å². The van der Waals surface area contributed by atoms with Crippen LogP contribution in [0.4, 0.5) is 9.59 Å². The molecule has 16 heavy (non-hydrogen) atoms.